The van der Waals surface area contributed by atoms with Crippen molar-refractivity contribution < 1.29 is 24.7 Å². The zero-order chi connectivity index (χ0) is 22.5. The van der Waals surface area contributed by atoms with Crippen LogP contribution in [0.15, 0.2) is 48.7 Å². The van der Waals surface area contributed by atoms with Crippen molar-refractivity contribution in [2.24, 2.45) is 0 Å². The first kappa shape index (κ1) is 22.3. The number of rotatable bonds is 7. The fourth-order valence-electron chi connectivity index (χ4n) is 2.80. The summed E-state index contributed by atoms with van der Waals surface area (Å²) in [5, 5.41) is 22.9. The maximum absolute atomic E-state index is 12.7. The number of anilines is 2. The summed E-state index contributed by atoms with van der Waals surface area (Å²) in [7, 11) is 0. The van der Waals surface area contributed by atoms with Crippen molar-refractivity contribution in [3.8, 4) is 0 Å². The molecule has 1 aromatic heterocycles. The van der Waals surface area contributed by atoms with Crippen molar-refractivity contribution in [3.63, 3.8) is 0 Å². The van der Waals surface area contributed by atoms with Gasteiger partial charge in [0.15, 0.2) is 0 Å². The third-order valence-electron chi connectivity index (χ3n) is 4.21. The first-order chi connectivity index (χ1) is 14.8. The topological polar surface area (TPSA) is 132 Å². The Bertz CT molecular complexity index is 1150. The molecule has 9 nitrogen and oxygen atoms in total. The molecule has 3 rings (SSSR count). The zero-order valence-corrected chi connectivity index (χ0v) is 17.3. The molecule has 0 saturated carbocycles. The molecule has 4 N–H and O–H groups in total. The molecular formula is C20H16Cl2N4O5. The Balaban J connectivity index is 1.88. The van der Waals surface area contributed by atoms with Crippen LogP contribution in [0, 0.1) is 0 Å². The number of aliphatic carboxylic acids is 1. The Morgan fingerprint density at radius 1 is 1.00 bits per heavy atom. The molecule has 160 valence electrons. The molecule has 0 aliphatic heterocycles. The molecule has 0 fully saturated rings. The largest absolute Gasteiger partial charge is 0.481 e. The molecule has 2 amide bonds. The highest BCUT2D eigenvalue weighted by Crippen LogP contribution is 2.30. The number of fused-ring (bicyclic) bond motifs is 1. The first-order valence-electron chi connectivity index (χ1n) is 8.91. The van der Waals surface area contributed by atoms with Crippen LogP contribution in [0.1, 0.15) is 23.2 Å². The minimum atomic E-state index is -1.13. The number of carbonyl (C=O) groups excluding carboxylic acids is 2. The first-order valence-corrected chi connectivity index (χ1v) is 9.67. The van der Waals surface area contributed by atoms with Crippen LogP contribution in [0.3, 0.4) is 0 Å². The molecule has 1 heterocycles. The third-order valence-corrected chi connectivity index (χ3v) is 4.84. The van der Waals surface area contributed by atoms with Crippen LogP contribution in [-0.4, -0.2) is 33.1 Å². The predicted octanol–water partition coefficient (Wildman–Crippen LogP) is 3.89. The van der Waals surface area contributed by atoms with Crippen LogP contribution in [0.2, 0.25) is 10.0 Å². The third kappa shape index (κ3) is 5.21. The van der Waals surface area contributed by atoms with Crippen molar-refractivity contribution in [2.75, 3.05) is 10.5 Å². The van der Waals surface area contributed by atoms with Gasteiger partial charge >= 0.3 is 5.97 Å². The van der Waals surface area contributed by atoms with Gasteiger partial charge in [0.1, 0.15) is 0 Å². The number of hydrogen-bond acceptors (Lipinski definition) is 6. The summed E-state index contributed by atoms with van der Waals surface area (Å²) >= 11 is 12.2. The monoisotopic (exact) mass is 462 g/mol. The van der Waals surface area contributed by atoms with Crippen LogP contribution >= 0.6 is 23.2 Å². The van der Waals surface area contributed by atoms with Crippen LogP contribution < -0.4 is 15.9 Å². The molecule has 0 spiro atoms. The fraction of sp³-hybridized carbons (Fsp3) is 0.100. The standard InChI is InChI=1S/C20H16Cl2N4O5/c21-12-4-2-5-13(22)18(12)20(30)24-14-6-1-3-11-15(9-10-23-19(11)14)26(31)25-16(27)7-8-17(28)29/h1-6,9-10,31H,7-8H2,(H,24,30)(H,25,27)(H,28,29). The van der Waals surface area contributed by atoms with Crippen LogP contribution in [-0.2, 0) is 9.59 Å². The van der Waals surface area contributed by atoms with E-state index in [1.54, 1.807) is 36.4 Å². The normalized spacial score (nSPS) is 10.5. The number of benzene rings is 2. The van der Waals surface area contributed by atoms with Crippen molar-refractivity contribution in [1.82, 2.24) is 10.4 Å². The van der Waals surface area contributed by atoms with Crippen molar-refractivity contribution in [1.29, 1.82) is 0 Å². The van der Waals surface area contributed by atoms with E-state index in [2.05, 4.69) is 15.7 Å². The van der Waals surface area contributed by atoms with Crippen LogP contribution in [0.5, 0.6) is 0 Å². The average molecular weight is 463 g/mol. The summed E-state index contributed by atoms with van der Waals surface area (Å²) in [6.07, 6.45) is 0.690. The smallest absolute Gasteiger partial charge is 0.303 e. The number of carbonyl (C=O) groups is 3. The lowest BCUT2D eigenvalue weighted by Gasteiger charge is -2.19. The number of carboxylic acids is 1. The van der Waals surface area contributed by atoms with Crippen molar-refractivity contribution in [2.45, 2.75) is 12.8 Å². The molecule has 2 aromatic carbocycles. The lowest BCUT2D eigenvalue weighted by atomic mass is 10.1. The predicted molar refractivity (Wildman–Crippen MR) is 115 cm³/mol. The molecular weight excluding hydrogens is 447 g/mol. The Kier molecular flexibility index (Phi) is 6.91. The van der Waals surface area contributed by atoms with Gasteiger partial charge in [-0.05, 0) is 24.3 Å². The second-order valence-corrected chi connectivity index (χ2v) is 7.14. The summed E-state index contributed by atoms with van der Waals surface area (Å²) in [6.45, 7) is 0. The summed E-state index contributed by atoms with van der Waals surface area (Å²) in [5.74, 6) is -2.36. The molecule has 0 unspecified atom stereocenters. The minimum Gasteiger partial charge on any atom is -0.481 e. The number of carboxylic acid groups (broad SMARTS) is 1. The van der Waals surface area contributed by atoms with Gasteiger partial charge in [-0.15, -0.1) is 0 Å². The Hall–Kier alpha value is -3.40. The van der Waals surface area contributed by atoms with Gasteiger partial charge in [0.25, 0.3) is 5.91 Å². The summed E-state index contributed by atoms with van der Waals surface area (Å²) < 4.78 is 0. The maximum Gasteiger partial charge on any atom is 0.303 e. The molecule has 0 saturated heterocycles. The van der Waals surface area contributed by atoms with Gasteiger partial charge in [-0.2, -0.15) is 5.17 Å². The summed E-state index contributed by atoms with van der Waals surface area (Å²) in [4.78, 5) is 39.4. The van der Waals surface area contributed by atoms with E-state index >= 15 is 0 Å². The van der Waals surface area contributed by atoms with Crippen molar-refractivity contribution in [3.05, 3.63) is 64.3 Å². The molecule has 11 heteroatoms. The van der Waals surface area contributed by atoms with Gasteiger partial charge in [0.2, 0.25) is 5.91 Å². The van der Waals surface area contributed by atoms with E-state index in [4.69, 9.17) is 28.3 Å². The van der Waals surface area contributed by atoms with Gasteiger partial charge in [-0.25, -0.2) is 5.43 Å². The highest BCUT2D eigenvalue weighted by molar-refractivity contribution is 6.40. The molecule has 0 bridgehead atoms. The number of nitrogens with zero attached hydrogens (tertiary/aromatic N) is 2. The quantitative estimate of drug-likeness (QED) is 0.391. The number of aromatic nitrogens is 1. The molecule has 3 aromatic rings. The highest BCUT2D eigenvalue weighted by atomic mass is 35.5. The number of halogens is 2. The van der Waals surface area contributed by atoms with Crippen molar-refractivity contribution >= 4 is 63.3 Å². The zero-order valence-electron chi connectivity index (χ0n) is 15.8. The number of hydrogen-bond donors (Lipinski definition) is 4. The number of para-hydroxylation sites is 1. The number of pyridine rings is 1. The van der Waals surface area contributed by atoms with Crippen LogP contribution in [0.25, 0.3) is 10.9 Å². The lowest BCUT2D eigenvalue weighted by Crippen LogP contribution is -2.40. The van der Waals surface area contributed by atoms with Crippen LogP contribution in [0.4, 0.5) is 11.4 Å². The van der Waals surface area contributed by atoms with E-state index in [0.717, 1.165) is 0 Å². The second-order valence-electron chi connectivity index (χ2n) is 6.32. The summed E-state index contributed by atoms with van der Waals surface area (Å²) in [6, 6.07) is 11.0. The molecule has 31 heavy (non-hydrogen) atoms. The van der Waals surface area contributed by atoms with E-state index in [0.29, 0.717) is 21.8 Å². The number of nitrogens with one attached hydrogen (secondary N) is 2. The van der Waals surface area contributed by atoms with E-state index in [-0.39, 0.29) is 34.1 Å². The molecule has 0 atom stereocenters. The molecule has 0 aliphatic carbocycles. The van der Waals surface area contributed by atoms with E-state index in [1.165, 1.54) is 12.3 Å². The highest BCUT2D eigenvalue weighted by Gasteiger charge is 2.18. The van der Waals surface area contributed by atoms with Gasteiger partial charge in [0, 0.05) is 18.0 Å². The van der Waals surface area contributed by atoms with E-state index in [9.17, 15) is 19.6 Å². The second kappa shape index (κ2) is 9.61. The molecule has 0 radical (unpaired) electrons. The Morgan fingerprint density at radius 3 is 2.35 bits per heavy atom. The Labute approximate surface area is 186 Å². The number of hydrazine groups is 1. The SMILES string of the molecule is O=C(O)CCC(=O)NN(O)c1ccnc2c(NC(=O)c3c(Cl)cccc3Cl)cccc12. The lowest BCUT2D eigenvalue weighted by molar-refractivity contribution is -0.139. The van der Waals surface area contributed by atoms with Gasteiger partial charge in [0.05, 0.1) is 38.9 Å². The van der Waals surface area contributed by atoms with Gasteiger partial charge in [-0.1, -0.05) is 41.4 Å². The fourth-order valence-corrected chi connectivity index (χ4v) is 3.37. The summed E-state index contributed by atoms with van der Waals surface area (Å²) in [5.41, 5.74) is 3.11. The van der Waals surface area contributed by atoms with E-state index in [1.807, 2.05) is 0 Å². The van der Waals surface area contributed by atoms with Gasteiger partial charge in [-0.3, -0.25) is 24.6 Å². The minimum absolute atomic E-state index is 0.105. The van der Waals surface area contributed by atoms with Gasteiger partial charge < -0.3 is 10.4 Å². The number of amides is 2. The Morgan fingerprint density at radius 2 is 1.68 bits per heavy atom. The van der Waals surface area contributed by atoms with E-state index < -0.39 is 17.8 Å². The maximum atomic E-state index is 12.7. The molecule has 0 aliphatic rings. The average Bonchev–Trinajstić information content (AvgIpc) is 2.72.